The molecule has 2 aliphatic rings. The highest BCUT2D eigenvalue weighted by Gasteiger charge is 2.29. The van der Waals surface area contributed by atoms with Crippen molar-refractivity contribution in [3.8, 4) is 0 Å². The van der Waals surface area contributed by atoms with E-state index in [2.05, 4.69) is 9.80 Å². The number of rotatable bonds is 7. The van der Waals surface area contributed by atoms with E-state index in [9.17, 15) is 14.3 Å². The van der Waals surface area contributed by atoms with Crippen LogP contribution in [0.15, 0.2) is 24.3 Å². The molecule has 2 aliphatic heterocycles. The van der Waals surface area contributed by atoms with Gasteiger partial charge in [0.1, 0.15) is 5.82 Å². The van der Waals surface area contributed by atoms with Gasteiger partial charge in [0.2, 0.25) is 5.91 Å². The van der Waals surface area contributed by atoms with E-state index in [1.807, 2.05) is 17.0 Å². The highest BCUT2D eigenvalue weighted by Crippen LogP contribution is 2.18. The molecule has 5 nitrogen and oxygen atoms in total. The van der Waals surface area contributed by atoms with Crippen LogP contribution in [-0.2, 0) is 11.3 Å². The Bertz CT molecular complexity index is 590. The minimum atomic E-state index is -0.227. The molecule has 6 heteroatoms. The number of carbonyl (C=O) groups is 1. The number of benzene rings is 1. The Morgan fingerprint density at radius 3 is 2.52 bits per heavy atom. The highest BCUT2D eigenvalue weighted by atomic mass is 19.1. The van der Waals surface area contributed by atoms with Crippen LogP contribution in [0.1, 0.15) is 37.7 Å². The topological polar surface area (TPSA) is 47.0 Å². The van der Waals surface area contributed by atoms with Crippen LogP contribution in [-0.4, -0.2) is 77.6 Å². The molecule has 1 aromatic carbocycles. The highest BCUT2D eigenvalue weighted by molar-refractivity contribution is 5.76. The number of carbonyl (C=O) groups excluding carboxylic acids is 1. The van der Waals surface area contributed by atoms with Crippen molar-refractivity contribution in [2.24, 2.45) is 0 Å². The zero-order valence-electron chi connectivity index (χ0n) is 16.2. The van der Waals surface area contributed by atoms with Crippen molar-refractivity contribution in [2.75, 3.05) is 45.9 Å². The van der Waals surface area contributed by atoms with Crippen LogP contribution >= 0.6 is 0 Å². The summed E-state index contributed by atoms with van der Waals surface area (Å²) in [5, 5.41) is 9.45. The molecule has 1 amide bonds. The fraction of sp³-hybridized carbons (Fsp3) is 0.667. The SMILES string of the molecule is O=C(CCN1CCCCC1)N1CCN(Cc2ccc(F)cc2)C(CCO)C1. The first-order valence-corrected chi connectivity index (χ1v) is 10.2. The van der Waals surface area contributed by atoms with Crippen molar-refractivity contribution < 1.29 is 14.3 Å². The summed E-state index contributed by atoms with van der Waals surface area (Å²) in [5.74, 6) is -0.000255. The fourth-order valence-electron chi connectivity index (χ4n) is 4.17. The Balaban J connectivity index is 1.51. The maximum absolute atomic E-state index is 13.1. The van der Waals surface area contributed by atoms with Crippen LogP contribution in [0, 0.1) is 5.82 Å². The number of likely N-dealkylation sites (tertiary alicyclic amines) is 1. The molecular formula is C21H32FN3O2. The third kappa shape index (κ3) is 5.99. The molecule has 0 aromatic heterocycles. The van der Waals surface area contributed by atoms with Crippen molar-refractivity contribution >= 4 is 5.91 Å². The number of amides is 1. The van der Waals surface area contributed by atoms with Gasteiger partial charge in [-0.3, -0.25) is 9.69 Å². The van der Waals surface area contributed by atoms with Crippen LogP contribution < -0.4 is 0 Å². The van der Waals surface area contributed by atoms with Crippen LogP contribution in [0.3, 0.4) is 0 Å². The first kappa shape index (κ1) is 20.2. The molecule has 1 atom stereocenters. The summed E-state index contributed by atoms with van der Waals surface area (Å²) in [4.78, 5) is 19.3. The van der Waals surface area contributed by atoms with Crippen molar-refractivity contribution in [1.29, 1.82) is 0 Å². The van der Waals surface area contributed by atoms with Gasteiger partial charge in [0.05, 0.1) is 0 Å². The standard InChI is InChI=1S/C21H32FN3O2/c22-19-6-4-18(5-7-19)16-24-13-14-25(17-20(24)9-15-26)21(27)8-12-23-10-2-1-3-11-23/h4-7,20,26H,1-3,8-17H2. The minimum absolute atomic E-state index is 0.112. The molecule has 1 aromatic rings. The summed E-state index contributed by atoms with van der Waals surface area (Å²) in [6.07, 6.45) is 5.04. The minimum Gasteiger partial charge on any atom is -0.396 e. The maximum atomic E-state index is 13.1. The van der Waals surface area contributed by atoms with Gasteiger partial charge in [-0.1, -0.05) is 18.6 Å². The molecular weight excluding hydrogens is 345 g/mol. The normalized spacial score (nSPS) is 22.1. The lowest BCUT2D eigenvalue weighted by molar-refractivity contribution is -0.135. The average Bonchev–Trinajstić information content (AvgIpc) is 2.70. The van der Waals surface area contributed by atoms with Gasteiger partial charge in [-0.2, -0.15) is 0 Å². The Hall–Kier alpha value is -1.50. The monoisotopic (exact) mass is 377 g/mol. The summed E-state index contributed by atoms with van der Waals surface area (Å²) in [7, 11) is 0. The molecule has 2 fully saturated rings. The molecule has 27 heavy (non-hydrogen) atoms. The van der Waals surface area contributed by atoms with Crippen LogP contribution in [0.4, 0.5) is 4.39 Å². The smallest absolute Gasteiger partial charge is 0.223 e. The third-order valence-corrected chi connectivity index (χ3v) is 5.81. The van der Waals surface area contributed by atoms with E-state index >= 15 is 0 Å². The number of aliphatic hydroxyl groups excluding tert-OH is 1. The van der Waals surface area contributed by atoms with Crippen molar-refractivity contribution in [1.82, 2.24) is 14.7 Å². The molecule has 2 heterocycles. The van der Waals surface area contributed by atoms with Gasteiger partial charge in [-0.25, -0.2) is 4.39 Å². The molecule has 1 N–H and O–H groups in total. The zero-order valence-corrected chi connectivity index (χ0v) is 16.2. The van der Waals surface area contributed by atoms with Gasteiger partial charge < -0.3 is 14.9 Å². The van der Waals surface area contributed by atoms with Crippen molar-refractivity contribution in [2.45, 2.75) is 44.7 Å². The van der Waals surface area contributed by atoms with E-state index in [-0.39, 0.29) is 24.4 Å². The van der Waals surface area contributed by atoms with Gasteiger partial charge in [0, 0.05) is 51.8 Å². The second kappa shape index (κ2) is 10.2. The van der Waals surface area contributed by atoms with Crippen molar-refractivity contribution in [3.63, 3.8) is 0 Å². The summed E-state index contributed by atoms with van der Waals surface area (Å²) < 4.78 is 13.1. The molecule has 0 radical (unpaired) electrons. The van der Waals surface area contributed by atoms with E-state index < -0.39 is 0 Å². The quantitative estimate of drug-likeness (QED) is 0.791. The molecule has 2 saturated heterocycles. The fourth-order valence-corrected chi connectivity index (χ4v) is 4.17. The predicted molar refractivity (Wildman–Crippen MR) is 104 cm³/mol. The van der Waals surface area contributed by atoms with E-state index in [4.69, 9.17) is 0 Å². The van der Waals surface area contributed by atoms with E-state index in [0.717, 1.165) is 44.8 Å². The first-order chi connectivity index (χ1) is 13.2. The molecule has 3 rings (SSSR count). The molecule has 1 unspecified atom stereocenters. The maximum Gasteiger partial charge on any atom is 0.223 e. The predicted octanol–water partition coefficient (Wildman–Crippen LogP) is 2.10. The Labute approximate surface area is 161 Å². The summed E-state index contributed by atoms with van der Waals surface area (Å²) >= 11 is 0. The second-order valence-electron chi connectivity index (χ2n) is 7.76. The molecule has 0 aliphatic carbocycles. The van der Waals surface area contributed by atoms with E-state index in [1.54, 1.807) is 0 Å². The van der Waals surface area contributed by atoms with Crippen LogP contribution in [0.5, 0.6) is 0 Å². The Morgan fingerprint density at radius 1 is 1.07 bits per heavy atom. The first-order valence-electron chi connectivity index (χ1n) is 10.2. The Morgan fingerprint density at radius 2 is 1.81 bits per heavy atom. The lowest BCUT2D eigenvalue weighted by Gasteiger charge is -2.41. The lowest BCUT2D eigenvalue weighted by Crippen LogP contribution is -2.54. The number of aliphatic hydroxyl groups is 1. The van der Waals surface area contributed by atoms with Gasteiger partial charge in [-0.15, -0.1) is 0 Å². The number of piperidine rings is 1. The lowest BCUT2D eigenvalue weighted by atomic mass is 10.1. The molecule has 150 valence electrons. The molecule has 0 bridgehead atoms. The molecule has 0 saturated carbocycles. The van der Waals surface area contributed by atoms with Gasteiger partial charge in [-0.05, 0) is 50.0 Å². The third-order valence-electron chi connectivity index (χ3n) is 5.81. The second-order valence-corrected chi connectivity index (χ2v) is 7.76. The summed E-state index contributed by atoms with van der Waals surface area (Å²) in [6, 6.07) is 6.73. The van der Waals surface area contributed by atoms with Gasteiger partial charge in [0.15, 0.2) is 0 Å². The summed E-state index contributed by atoms with van der Waals surface area (Å²) in [5.41, 5.74) is 1.06. The Kier molecular flexibility index (Phi) is 7.61. The molecule has 0 spiro atoms. The number of piperazine rings is 1. The van der Waals surface area contributed by atoms with Gasteiger partial charge >= 0.3 is 0 Å². The number of nitrogens with zero attached hydrogens (tertiary/aromatic N) is 3. The number of hydrogen-bond donors (Lipinski definition) is 1. The zero-order chi connectivity index (χ0) is 19.1. The van der Waals surface area contributed by atoms with E-state index in [1.165, 1.54) is 31.4 Å². The number of hydrogen-bond acceptors (Lipinski definition) is 4. The average molecular weight is 378 g/mol. The number of halogens is 1. The van der Waals surface area contributed by atoms with Crippen LogP contribution in [0.25, 0.3) is 0 Å². The summed E-state index contributed by atoms with van der Waals surface area (Å²) in [6.45, 7) is 6.11. The largest absolute Gasteiger partial charge is 0.396 e. The van der Waals surface area contributed by atoms with Crippen molar-refractivity contribution in [3.05, 3.63) is 35.6 Å². The van der Waals surface area contributed by atoms with Crippen LogP contribution in [0.2, 0.25) is 0 Å². The van der Waals surface area contributed by atoms with Gasteiger partial charge in [0.25, 0.3) is 0 Å². The van der Waals surface area contributed by atoms with E-state index in [0.29, 0.717) is 19.4 Å².